The number of rotatable bonds is 3. The molecule has 0 aliphatic rings. The second-order valence-electron chi connectivity index (χ2n) is 2.73. The van der Waals surface area contributed by atoms with E-state index in [1.165, 1.54) is 0 Å². The summed E-state index contributed by atoms with van der Waals surface area (Å²) in [6, 6.07) is 0.0938. The number of nitrogens with one attached hydrogen (secondary N) is 1. The maximum atomic E-state index is 5.20. The fourth-order valence-corrected chi connectivity index (χ4v) is 0.602. The van der Waals surface area contributed by atoms with E-state index in [2.05, 4.69) is 33.8 Å². The molecule has 0 unspecified atom stereocenters. The van der Waals surface area contributed by atoms with E-state index in [-0.39, 0.29) is 6.01 Å². The van der Waals surface area contributed by atoms with Crippen LogP contribution in [0.15, 0.2) is 4.52 Å². The molecule has 5 heteroatoms. The highest BCUT2D eigenvalue weighted by Gasteiger charge is 2.01. The summed E-state index contributed by atoms with van der Waals surface area (Å²) >= 11 is 0. The molecule has 1 rings (SSSR count). The van der Waals surface area contributed by atoms with Crippen molar-refractivity contribution < 1.29 is 4.52 Å². The quantitative estimate of drug-likeness (QED) is 0.674. The summed E-state index contributed by atoms with van der Waals surface area (Å²) in [4.78, 5) is 3.77. The first-order valence-corrected chi connectivity index (χ1v) is 3.51. The van der Waals surface area contributed by atoms with Crippen LogP contribution in [0.3, 0.4) is 0 Å². The number of nitrogens with two attached hydrogens (primary N) is 1. The molecular formula is C6H12N4O. The minimum atomic E-state index is 0.0938. The highest BCUT2D eigenvalue weighted by atomic mass is 16.5. The van der Waals surface area contributed by atoms with E-state index in [1.54, 1.807) is 0 Å². The Morgan fingerprint density at radius 3 is 2.82 bits per heavy atom. The minimum Gasteiger partial charge on any atom is -0.351 e. The topological polar surface area (TPSA) is 77.0 Å². The molecule has 0 amide bonds. The molecule has 0 saturated carbocycles. The smallest absolute Gasteiger partial charge is 0.320 e. The molecule has 1 aromatic heterocycles. The zero-order valence-electron chi connectivity index (χ0n) is 6.66. The van der Waals surface area contributed by atoms with E-state index >= 15 is 0 Å². The summed E-state index contributed by atoms with van der Waals surface area (Å²) in [7, 11) is 0. The SMILES string of the molecule is CC(C)CNc1noc(N)n1. The fraction of sp³-hybridized carbons (Fsp3) is 0.667. The lowest BCUT2D eigenvalue weighted by atomic mass is 10.2. The van der Waals surface area contributed by atoms with Crippen LogP contribution >= 0.6 is 0 Å². The van der Waals surface area contributed by atoms with Crippen LogP contribution < -0.4 is 11.1 Å². The van der Waals surface area contributed by atoms with Crippen LogP contribution in [-0.2, 0) is 0 Å². The van der Waals surface area contributed by atoms with Crippen LogP contribution in [0.2, 0.25) is 0 Å². The predicted octanol–water partition coefficient (Wildman–Crippen LogP) is 0.720. The second-order valence-corrected chi connectivity index (χ2v) is 2.73. The maximum absolute atomic E-state index is 5.20. The van der Waals surface area contributed by atoms with Crippen molar-refractivity contribution in [3.05, 3.63) is 0 Å². The van der Waals surface area contributed by atoms with Gasteiger partial charge >= 0.3 is 6.01 Å². The first-order chi connectivity index (χ1) is 5.18. The number of aromatic nitrogens is 2. The van der Waals surface area contributed by atoms with Crippen LogP contribution in [0.25, 0.3) is 0 Å². The van der Waals surface area contributed by atoms with Gasteiger partial charge in [0.1, 0.15) is 0 Å². The third kappa shape index (κ3) is 2.45. The molecule has 1 aromatic rings. The van der Waals surface area contributed by atoms with Gasteiger partial charge in [-0.1, -0.05) is 13.8 Å². The summed E-state index contributed by atoms with van der Waals surface area (Å²) in [5.74, 6) is 1.01. The third-order valence-electron chi connectivity index (χ3n) is 1.11. The van der Waals surface area contributed by atoms with E-state index in [1.807, 2.05) is 0 Å². The normalized spacial score (nSPS) is 10.5. The van der Waals surface area contributed by atoms with Gasteiger partial charge in [0, 0.05) is 6.54 Å². The highest BCUT2D eigenvalue weighted by molar-refractivity contribution is 5.26. The van der Waals surface area contributed by atoms with Gasteiger partial charge in [-0.15, -0.1) is 0 Å². The highest BCUT2D eigenvalue weighted by Crippen LogP contribution is 2.03. The van der Waals surface area contributed by atoms with Crippen LogP contribution in [-0.4, -0.2) is 16.7 Å². The van der Waals surface area contributed by atoms with E-state index in [0.29, 0.717) is 11.9 Å². The molecule has 5 nitrogen and oxygen atoms in total. The molecule has 0 radical (unpaired) electrons. The van der Waals surface area contributed by atoms with Gasteiger partial charge in [-0.3, -0.25) is 0 Å². The standard InChI is InChI=1S/C6H12N4O/c1-4(2)3-8-6-9-5(7)11-10-6/h4H,3H2,1-2H3,(H3,7,8,9,10). The molecule has 0 aliphatic carbocycles. The van der Waals surface area contributed by atoms with Gasteiger partial charge in [-0.05, 0) is 11.1 Å². The average Bonchev–Trinajstić information content (AvgIpc) is 2.31. The van der Waals surface area contributed by atoms with Crippen molar-refractivity contribution in [1.29, 1.82) is 0 Å². The molecule has 1 heterocycles. The van der Waals surface area contributed by atoms with Crippen molar-refractivity contribution in [2.45, 2.75) is 13.8 Å². The van der Waals surface area contributed by atoms with Gasteiger partial charge < -0.3 is 15.6 Å². The summed E-state index contributed by atoms with van der Waals surface area (Å²) in [5, 5.41) is 6.53. The molecule has 0 saturated heterocycles. The van der Waals surface area contributed by atoms with E-state index in [0.717, 1.165) is 6.54 Å². The molecule has 3 N–H and O–H groups in total. The molecule has 0 aromatic carbocycles. The molecule has 0 aliphatic heterocycles. The Hall–Kier alpha value is -1.26. The lowest BCUT2D eigenvalue weighted by molar-refractivity contribution is 0.436. The zero-order chi connectivity index (χ0) is 8.27. The van der Waals surface area contributed by atoms with Crippen LogP contribution in [0.4, 0.5) is 12.0 Å². The Labute approximate surface area is 65.0 Å². The number of hydrogen-bond acceptors (Lipinski definition) is 5. The van der Waals surface area contributed by atoms with Gasteiger partial charge in [0.05, 0.1) is 0 Å². The molecule has 62 valence electrons. The third-order valence-corrected chi connectivity index (χ3v) is 1.11. The Kier molecular flexibility index (Phi) is 2.30. The Morgan fingerprint density at radius 1 is 1.64 bits per heavy atom. The number of nitrogens with zero attached hydrogens (tertiary/aromatic N) is 2. The minimum absolute atomic E-state index is 0.0938. The lowest BCUT2D eigenvalue weighted by Gasteiger charge is -2.02. The largest absolute Gasteiger partial charge is 0.351 e. The Morgan fingerprint density at radius 2 is 2.36 bits per heavy atom. The van der Waals surface area contributed by atoms with Gasteiger partial charge in [0.2, 0.25) is 0 Å². The zero-order valence-corrected chi connectivity index (χ0v) is 6.66. The van der Waals surface area contributed by atoms with Gasteiger partial charge in [-0.25, -0.2) is 0 Å². The van der Waals surface area contributed by atoms with Crippen LogP contribution in [0.1, 0.15) is 13.8 Å². The number of hydrogen-bond donors (Lipinski definition) is 2. The van der Waals surface area contributed by atoms with Crippen molar-refractivity contribution in [2.75, 3.05) is 17.6 Å². The molecule has 0 spiro atoms. The molecule has 0 bridgehead atoms. The van der Waals surface area contributed by atoms with E-state index in [4.69, 9.17) is 5.73 Å². The Balaban J connectivity index is 2.39. The van der Waals surface area contributed by atoms with Gasteiger partial charge in [0.15, 0.2) is 0 Å². The summed E-state index contributed by atoms with van der Waals surface area (Å²) in [6.07, 6.45) is 0. The fourth-order valence-electron chi connectivity index (χ4n) is 0.602. The van der Waals surface area contributed by atoms with Gasteiger partial charge in [0.25, 0.3) is 5.95 Å². The van der Waals surface area contributed by atoms with Crippen molar-refractivity contribution in [3.63, 3.8) is 0 Å². The van der Waals surface area contributed by atoms with Crippen LogP contribution in [0, 0.1) is 5.92 Å². The monoisotopic (exact) mass is 156 g/mol. The molecule has 11 heavy (non-hydrogen) atoms. The van der Waals surface area contributed by atoms with Crippen molar-refractivity contribution in [1.82, 2.24) is 10.1 Å². The van der Waals surface area contributed by atoms with Crippen molar-refractivity contribution in [3.8, 4) is 0 Å². The summed E-state index contributed by atoms with van der Waals surface area (Å²) in [5.41, 5.74) is 5.20. The lowest BCUT2D eigenvalue weighted by Crippen LogP contribution is -2.08. The predicted molar refractivity (Wildman–Crippen MR) is 42.0 cm³/mol. The van der Waals surface area contributed by atoms with E-state index in [9.17, 15) is 0 Å². The molecule has 0 fully saturated rings. The molecule has 0 atom stereocenters. The average molecular weight is 156 g/mol. The number of nitrogen functional groups attached to an aromatic ring is 1. The first-order valence-electron chi connectivity index (χ1n) is 3.51. The Bertz CT molecular complexity index is 220. The van der Waals surface area contributed by atoms with Crippen molar-refractivity contribution >= 4 is 12.0 Å². The maximum Gasteiger partial charge on any atom is 0.320 e. The first kappa shape index (κ1) is 7.84. The van der Waals surface area contributed by atoms with Crippen molar-refractivity contribution in [2.24, 2.45) is 5.92 Å². The summed E-state index contributed by atoms with van der Waals surface area (Å²) in [6.45, 7) is 5.01. The van der Waals surface area contributed by atoms with Gasteiger partial charge in [-0.2, -0.15) is 4.98 Å². The summed E-state index contributed by atoms with van der Waals surface area (Å²) < 4.78 is 4.55. The van der Waals surface area contributed by atoms with E-state index < -0.39 is 0 Å². The molecular weight excluding hydrogens is 144 g/mol. The van der Waals surface area contributed by atoms with Crippen LogP contribution in [0.5, 0.6) is 0 Å². The second kappa shape index (κ2) is 3.23. The number of anilines is 2.